The quantitative estimate of drug-likeness (QED) is 0.211. The first kappa shape index (κ1) is 25.8. The van der Waals surface area contributed by atoms with E-state index in [2.05, 4.69) is 10.6 Å². The number of hydrogen-bond acceptors (Lipinski definition) is 6. The Labute approximate surface area is 161 Å². The first-order valence-corrected chi connectivity index (χ1v) is 10.5. The Bertz CT molecular complexity index is 269. The molecular formula is C20H45N3O3. The van der Waals surface area contributed by atoms with Crippen LogP contribution < -0.4 is 16.4 Å². The zero-order chi connectivity index (χ0) is 19.3. The third kappa shape index (κ3) is 14.9. The van der Waals surface area contributed by atoms with Gasteiger partial charge in [0.1, 0.15) is 0 Å². The minimum absolute atomic E-state index is 0.718. The molecule has 0 heterocycles. The zero-order valence-electron chi connectivity index (χ0n) is 17.6. The van der Waals surface area contributed by atoms with Gasteiger partial charge in [-0.15, -0.1) is 0 Å². The zero-order valence-corrected chi connectivity index (χ0v) is 17.6. The third-order valence-electron chi connectivity index (χ3n) is 4.82. The van der Waals surface area contributed by atoms with Crippen LogP contribution in [0.25, 0.3) is 0 Å². The first-order valence-electron chi connectivity index (χ1n) is 10.5. The summed E-state index contributed by atoms with van der Waals surface area (Å²) in [6.45, 7) is 4.82. The molecule has 26 heavy (non-hydrogen) atoms. The lowest BCUT2D eigenvalue weighted by atomic mass is 10.1. The minimum Gasteiger partial charge on any atom is -0.331 e. The maximum Gasteiger partial charge on any atom is 0.282 e. The lowest BCUT2D eigenvalue weighted by Crippen LogP contribution is -2.35. The van der Waals surface area contributed by atoms with Crippen molar-refractivity contribution >= 4 is 0 Å². The molecule has 4 N–H and O–H groups in total. The second-order valence-corrected chi connectivity index (χ2v) is 6.87. The van der Waals surface area contributed by atoms with Crippen LogP contribution in [0.1, 0.15) is 70.6 Å². The van der Waals surface area contributed by atoms with Gasteiger partial charge in [0.25, 0.3) is 5.97 Å². The van der Waals surface area contributed by atoms with E-state index in [1.165, 1.54) is 57.8 Å². The lowest BCUT2D eigenvalue weighted by molar-refractivity contribution is -0.355. The molecule has 0 atom stereocenters. The second kappa shape index (κ2) is 19.5. The number of nitrogens with one attached hydrogen (secondary N) is 2. The molecule has 6 nitrogen and oxygen atoms in total. The maximum atomic E-state index is 5.42. The molecule has 0 rings (SSSR count). The van der Waals surface area contributed by atoms with Crippen molar-refractivity contribution in [1.82, 2.24) is 10.6 Å². The molecule has 0 amide bonds. The molecule has 0 saturated heterocycles. The van der Waals surface area contributed by atoms with Crippen LogP contribution in [0.4, 0.5) is 0 Å². The number of ether oxygens (including phenoxy) is 3. The summed E-state index contributed by atoms with van der Waals surface area (Å²) in [7, 11) is 4.89. The fraction of sp³-hybridized carbons (Fsp3) is 1.00. The van der Waals surface area contributed by atoms with Gasteiger partial charge in [0.2, 0.25) is 0 Å². The van der Waals surface area contributed by atoms with Crippen LogP contribution >= 0.6 is 0 Å². The van der Waals surface area contributed by atoms with Gasteiger partial charge in [-0.2, -0.15) is 0 Å². The highest BCUT2D eigenvalue weighted by molar-refractivity contribution is 4.57. The van der Waals surface area contributed by atoms with Crippen molar-refractivity contribution in [3.63, 3.8) is 0 Å². The van der Waals surface area contributed by atoms with Crippen molar-refractivity contribution in [1.29, 1.82) is 0 Å². The van der Waals surface area contributed by atoms with E-state index in [4.69, 9.17) is 19.9 Å². The molecule has 6 heteroatoms. The first-order chi connectivity index (χ1) is 12.7. The monoisotopic (exact) mass is 375 g/mol. The fourth-order valence-electron chi connectivity index (χ4n) is 3.09. The SMILES string of the molecule is COC(CCCCCCCCCCCCNCCNCCN)(OC)OC. The average Bonchev–Trinajstić information content (AvgIpc) is 2.68. The topological polar surface area (TPSA) is 77.8 Å². The molecular weight excluding hydrogens is 330 g/mol. The summed E-state index contributed by atoms with van der Waals surface area (Å²) >= 11 is 0. The summed E-state index contributed by atoms with van der Waals surface area (Å²) in [5.41, 5.74) is 5.42. The molecule has 0 spiro atoms. The number of hydrogen-bond donors (Lipinski definition) is 3. The summed E-state index contributed by atoms with van der Waals surface area (Å²) in [4.78, 5) is 0. The summed E-state index contributed by atoms with van der Waals surface area (Å²) in [5, 5.41) is 6.76. The van der Waals surface area contributed by atoms with Crippen LogP contribution in [0.2, 0.25) is 0 Å². The Morgan fingerprint density at radius 1 is 0.577 bits per heavy atom. The smallest absolute Gasteiger partial charge is 0.282 e. The highest BCUT2D eigenvalue weighted by atomic mass is 16.9. The molecule has 0 aliphatic rings. The fourth-order valence-corrected chi connectivity index (χ4v) is 3.09. The Balaban J connectivity index is 3.20. The molecule has 0 fully saturated rings. The highest BCUT2D eigenvalue weighted by Crippen LogP contribution is 2.21. The number of unbranched alkanes of at least 4 members (excludes halogenated alkanes) is 9. The molecule has 0 unspecified atom stereocenters. The van der Waals surface area contributed by atoms with E-state index in [-0.39, 0.29) is 0 Å². The van der Waals surface area contributed by atoms with E-state index in [0.29, 0.717) is 0 Å². The average molecular weight is 376 g/mol. The molecule has 0 saturated carbocycles. The standard InChI is InChI=1S/C20H45N3O3/c1-24-20(25-2,26-3)14-12-10-8-6-4-5-7-9-11-13-16-22-18-19-23-17-15-21/h22-23H,4-19,21H2,1-3H3. The van der Waals surface area contributed by atoms with E-state index in [1.807, 2.05) is 0 Å². The summed E-state index contributed by atoms with van der Waals surface area (Å²) in [6, 6.07) is 0. The van der Waals surface area contributed by atoms with Crippen LogP contribution in [-0.2, 0) is 14.2 Å². The number of methoxy groups -OCH3 is 3. The predicted molar refractivity (Wildman–Crippen MR) is 109 cm³/mol. The van der Waals surface area contributed by atoms with Gasteiger partial charge in [0.15, 0.2) is 0 Å². The molecule has 0 aromatic rings. The largest absolute Gasteiger partial charge is 0.331 e. The Hall–Kier alpha value is -0.240. The van der Waals surface area contributed by atoms with Gasteiger partial charge >= 0.3 is 0 Å². The van der Waals surface area contributed by atoms with Gasteiger partial charge in [-0.3, -0.25) is 0 Å². The molecule has 158 valence electrons. The lowest BCUT2D eigenvalue weighted by Gasteiger charge is -2.28. The molecule has 0 aromatic heterocycles. The number of rotatable bonds is 21. The van der Waals surface area contributed by atoms with Gasteiger partial charge in [-0.1, -0.05) is 51.4 Å². The van der Waals surface area contributed by atoms with Gasteiger partial charge in [-0.25, -0.2) is 0 Å². The van der Waals surface area contributed by atoms with Crippen molar-refractivity contribution in [3.8, 4) is 0 Å². The number of nitrogens with two attached hydrogens (primary N) is 1. The summed E-state index contributed by atoms with van der Waals surface area (Å²) < 4.78 is 15.9. The van der Waals surface area contributed by atoms with E-state index in [0.717, 1.165) is 45.6 Å². The van der Waals surface area contributed by atoms with Crippen LogP contribution in [0.5, 0.6) is 0 Å². The van der Waals surface area contributed by atoms with Gasteiger partial charge in [-0.05, 0) is 19.4 Å². The van der Waals surface area contributed by atoms with E-state index in [9.17, 15) is 0 Å². The van der Waals surface area contributed by atoms with Crippen molar-refractivity contribution < 1.29 is 14.2 Å². The van der Waals surface area contributed by atoms with Crippen LogP contribution in [0.3, 0.4) is 0 Å². The summed E-state index contributed by atoms with van der Waals surface area (Å²) in [5.74, 6) is -0.851. The predicted octanol–water partition coefficient (Wildman–Crippen LogP) is 3.01. The van der Waals surface area contributed by atoms with Gasteiger partial charge in [0.05, 0.1) is 0 Å². The maximum absolute atomic E-state index is 5.42. The van der Waals surface area contributed by atoms with Crippen LogP contribution in [0, 0.1) is 0 Å². The highest BCUT2D eigenvalue weighted by Gasteiger charge is 2.28. The molecule has 0 aromatic carbocycles. The second-order valence-electron chi connectivity index (χ2n) is 6.87. The van der Waals surface area contributed by atoms with E-state index >= 15 is 0 Å². The Morgan fingerprint density at radius 3 is 1.46 bits per heavy atom. The van der Waals surface area contributed by atoms with Crippen molar-refractivity contribution in [2.24, 2.45) is 5.73 Å². The summed E-state index contributed by atoms with van der Waals surface area (Å²) in [6.07, 6.45) is 13.8. The molecule has 0 radical (unpaired) electrons. The molecule has 0 bridgehead atoms. The Kier molecular flexibility index (Phi) is 19.3. The minimum atomic E-state index is -0.851. The van der Waals surface area contributed by atoms with E-state index in [1.54, 1.807) is 21.3 Å². The normalized spacial score (nSPS) is 12.0. The van der Waals surface area contributed by atoms with Crippen LogP contribution in [-0.4, -0.2) is 60.0 Å². The van der Waals surface area contributed by atoms with Crippen molar-refractivity contribution in [3.05, 3.63) is 0 Å². The van der Waals surface area contributed by atoms with Gasteiger partial charge < -0.3 is 30.6 Å². The van der Waals surface area contributed by atoms with Crippen LogP contribution in [0.15, 0.2) is 0 Å². The van der Waals surface area contributed by atoms with Crippen molar-refractivity contribution in [2.45, 2.75) is 76.6 Å². The Morgan fingerprint density at radius 2 is 1.00 bits per heavy atom. The molecule has 0 aliphatic carbocycles. The van der Waals surface area contributed by atoms with Crippen molar-refractivity contribution in [2.75, 3.05) is 54.1 Å². The van der Waals surface area contributed by atoms with Gasteiger partial charge in [0, 0.05) is 53.9 Å². The van der Waals surface area contributed by atoms with E-state index < -0.39 is 5.97 Å². The molecule has 0 aliphatic heterocycles. The third-order valence-corrected chi connectivity index (χ3v) is 4.82.